The minimum absolute atomic E-state index is 0.927. The zero-order valence-corrected chi connectivity index (χ0v) is 7.85. The summed E-state index contributed by atoms with van der Waals surface area (Å²) in [5.74, 6) is 0.927. The van der Waals surface area contributed by atoms with E-state index in [9.17, 15) is 0 Å². The number of fused-ring (bicyclic) bond motifs is 1. The van der Waals surface area contributed by atoms with Crippen molar-refractivity contribution in [1.29, 1.82) is 0 Å². The third-order valence-electron chi connectivity index (χ3n) is 2.65. The molecule has 1 aliphatic carbocycles. The molecule has 0 atom stereocenters. The molecule has 0 saturated carbocycles. The molecule has 2 heterocycles. The first kappa shape index (κ1) is 7.74. The molecular formula is C11H11N3. The Kier molecular flexibility index (Phi) is 1.63. The van der Waals surface area contributed by atoms with E-state index in [1.807, 2.05) is 18.3 Å². The molecule has 0 fully saturated rings. The quantitative estimate of drug-likeness (QED) is 0.677. The van der Waals surface area contributed by atoms with Crippen LogP contribution in [0.3, 0.4) is 0 Å². The van der Waals surface area contributed by atoms with Gasteiger partial charge in [-0.1, -0.05) is 6.07 Å². The molecule has 2 aromatic rings. The topological polar surface area (TPSA) is 30.7 Å². The van der Waals surface area contributed by atoms with Gasteiger partial charge in [-0.15, -0.1) is 0 Å². The lowest BCUT2D eigenvalue weighted by molar-refractivity contribution is 0.831. The van der Waals surface area contributed by atoms with Crippen molar-refractivity contribution >= 4 is 0 Å². The number of hydrogen-bond donors (Lipinski definition) is 0. The average molecular weight is 185 g/mol. The van der Waals surface area contributed by atoms with Crippen LogP contribution in [0.2, 0.25) is 0 Å². The molecule has 0 N–H and O–H groups in total. The first-order valence-corrected chi connectivity index (χ1v) is 4.92. The van der Waals surface area contributed by atoms with Crippen LogP contribution in [-0.2, 0) is 12.8 Å². The largest absolute Gasteiger partial charge is 0.233 e. The molecule has 0 spiro atoms. The van der Waals surface area contributed by atoms with Crippen LogP contribution in [0.1, 0.15) is 17.7 Å². The molecule has 14 heavy (non-hydrogen) atoms. The van der Waals surface area contributed by atoms with Gasteiger partial charge in [-0.3, -0.25) is 0 Å². The Balaban J connectivity index is 2.09. The Morgan fingerprint density at radius 3 is 3.07 bits per heavy atom. The second-order valence-corrected chi connectivity index (χ2v) is 3.58. The van der Waals surface area contributed by atoms with Crippen LogP contribution in [-0.4, -0.2) is 14.8 Å². The lowest BCUT2D eigenvalue weighted by atomic mass is 10.2. The number of aromatic nitrogens is 3. The number of pyridine rings is 1. The van der Waals surface area contributed by atoms with Crippen molar-refractivity contribution in [1.82, 2.24) is 14.8 Å². The lowest BCUT2D eigenvalue weighted by Gasteiger charge is -2.03. The fraction of sp³-hybridized carbons (Fsp3) is 0.273. The normalized spacial score (nSPS) is 14.3. The van der Waals surface area contributed by atoms with Crippen molar-refractivity contribution in [3.8, 4) is 5.82 Å². The second-order valence-electron chi connectivity index (χ2n) is 3.58. The second kappa shape index (κ2) is 2.94. The zero-order valence-electron chi connectivity index (χ0n) is 7.85. The van der Waals surface area contributed by atoms with Crippen molar-refractivity contribution < 1.29 is 0 Å². The summed E-state index contributed by atoms with van der Waals surface area (Å²) < 4.78 is 1.80. The fourth-order valence-electron chi connectivity index (χ4n) is 1.94. The minimum atomic E-state index is 0.927. The van der Waals surface area contributed by atoms with E-state index in [-0.39, 0.29) is 0 Å². The monoisotopic (exact) mass is 185 g/mol. The van der Waals surface area contributed by atoms with Crippen molar-refractivity contribution in [3.63, 3.8) is 0 Å². The van der Waals surface area contributed by atoms with E-state index < -0.39 is 0 Å². The SMILES string of the molecule is c1cnn(-c2ccc3c(n2)CCC3)c1. The Labute approximate surface area is 82.4 Å². The van der Waals surface area contributed by atoms with Crippen LogP contribution in [0.4, 0.5) is 0 Å². The van der Waals surface area contributed by atoms with Crippen molar-refractivity contribution in [2.75, 3.05) is 0 Å². The summed E-state index contributed by atoms with van der Waals surface area (Å²) in [4.78, 5) is 4.60. The van der Waals surface area contributed by atoms with Gasteiger partial charge in [0, 0.05) is 18.1 Å². The highest BCUT2D eigenvalue weighted by Crippen LogP contribution is 2.20. The Morgan fingerprint density at radius 1 is 1.21 bits per heavy atom. The summed E-state index contributed by atoms with van der Waals surface area (Å²) in [6.45, 7) is 0. The first-order chi connectivity index (χ1) is 6.93. The van der Waals surface area contributed by atoms with Gasteiger partial charge in [0.1, 0.15) is 0 Å². The van der Waals surface area contributed by atoms with Gasteiger partial charge in [0.15, 0.2) is 5.82 Å². The highest BCUT2D eigenvalue weighted by atomic mass is 15.3. The maximum absolute atomic E-state index is 4.60. The van der Waals surface area contributed by atoms with E-state index in [0.29, 0.717) is 0 Å². The van der Waals surface area contributed by atoms with Crippen molar-refractivity contribution in [2.24, 2.45) is 0 Å². The Bertz CT molecular complexity index is 446. The molecule has 3 heteroatoms. The molecule has 0 unspecified atom stereocenters. The molecule has 0 bridgehead atoms. The van der Waals surface area contributed by atoms with E-state index in [0.717, 1.165) is 12.2 Å². The summed E-state index contributed by atoms with van der Waals surface area (Å²) >= 11 is 0. The van der Waals surface area contributed by atoms with Crippen LogP contribution in [0.5, 0.6) is 0 Å². The molecular weight excluding hydrogens is 174 g/mol. The third kappa shape index (κ3) is 1.13. The van der Waals surface area contributed by atoms with E-state index in [4.69, 9.17) is 0 Å². The zero-order chi connectivity index (χ0) is 9.38. The first-order valence-electron chi connectivity index (χ1n) is 4.92. The molecule has 3 rings (SSSR count). The van der Waals surface area contributed by atoms with E-state index >= 15 is 0 Å². The lowest BCUT2D eigenvalue weighted by Crippen LogP contribution is -2.00. The smallest absolute Gasteiger partial charge is 0.153 e. The van der Waals surface area contributed by atoms with Crippen LogP contribution >= 0.6 is 0 Å². The fourth-order valence-corrected chi connectivity index (χ4v) is 1.94. The maximum Gasteiger partial charge on any atom is 0.153 e. The summed E-state index contributed by atoms with van der Waals surface area (Å²) in [6, 6.07) is 6.12. The predicted molar refractivity (Wildman–Crippen MR) is 53.4 cm³/mol. The summed E-state index contributed by atoms with van der Waals surface area (Å²) in [7, 11) is 0. The summed E-state index contributed by atoms with van der Waals surface area (Å²) in [6.07, 6.45) is 7.23. The standard InChI is InChI=1S/C11H11N3/c1-3-9-5-6-11(13-10(9)4-1)14-8-2-7-12-14/h2,5-8H,1,3-4H2. The highest BCUT2D eigenvalue weighted by molar-refractivity contribution is 5.32. The van der Waals surface area contributed by atoms with Crippen molar-refractivity contribution in [3.05, 3.63) is 41.9 Å². The molecule has 70 valence electrons. The number of nitrogens with zero attached hydrogens (tertiary/aromatic N) is 3. The van der Waals surface area contributed by atoms with Gasteiger partial charge in [0.25, 0.3) is 0 Å². The van der Waals surface area contributed by atoms with Gasteiger partial charge in [0.2, 0.25) is 0 Å². The molecule has 3 nitrogen and oxygen atoms in total. The molecule has 0 aliphatic heterocycles. The van der Waals surface area contributed by atoms with Gasteiger partial charge in [-0.2, -0.15) is 5.10 Å². The van der Waals surface area contributed by atoms with Gasteiger partial charge in [-0.25, -0.2) is 9.67 Å². The average Bonchev–Trinajstić information content (AvgIpc) is 2.88. The van der Waals surface area contributed by atoms with Crippen LogP contribution in [0, 0.1) is 0 Å². The van der Waals surface area contributed by atoms with Crippen LogP contribution in [0.25, 0.3) is 5.82 Å². The minimum Gasteiger partial charge on any atom is -0.233 e. The van der Waals surface area contributed by atoms with E-state index in [2.05, 4.69) is 16.1 Å². The Morgan fingerprint density at radius 2 is 2.21 bits per heavy atom. The Hall–Kier alpha value is -1.64. The molecule has 0 saturated heterocycles. The van der Waals surface area contributed by atoms with Gasteiger partial charge >= 0.3 is 0 Å². The third-order valence-corrected chi connectivity index (χ3v) is 2.65. The predicted octanol–water partition coefficient (Wildman–Crippen LogP) is 1.76. The van der Waals surface area contributed by atoms with Crippen LogP contribution in [0.15, 0.2) is 30.6 Å². The molecule has 0 radical (unpaired) electrons. The maximum atomic E-state index is 4.60. The van der Waals surface area contributed by atoms with Gasteiger partial charge < -0.3 is 0 Å². The molecule has 1 aliphatic rings. The van der Waals surface area contributed by atoms with Gasteiger partial charge in [0.05, 0.1) is 0 Å². The molecule has 0 amide bonds. The van der Waals surface area contributed by atoms with E-state index in [1.165, 1.54) is 24.1 Å². The van der Waals surface area contributed by atoms with E-state index in [1.54, 1.807) is 10.9 Å². The number of hydrogen-bond acceptors (Lipinski definition) is 2. The van der Waals surface area contributed by atoms with Crippen LogP contribution < -0.4 is 0 Å². The highest BCUT2D eigenvalue weighted by Gasteiger charge is 2.12. The summed E-state index contributed by atoms with van der Waals surface area (Å²) in [5.41, 5.74) is 2.65. The summed E-state index contributed by atoms with van der Waals surface area (Å²) in [5, 5.41) is 4.17. The molecule has 0 aromatic carbocycles. The van der Waals surface area contributed by atoms with Gasteiger partial charge in [-0.05, 0) is 37.0 Å². The number of rotatable bonds is 1. The molecule has 2 aromatic heterocycles. The number of aryl methyl sites for hydroxylation is 2. The van der Waals surface area contributed by atoms with Crippen molar-refractivity contribution in [2.45, 2.75) is 19.3 Å².